The Balaban J connectivity index is 1.73. The second kappa shape index (κ2) is 9.12. The molecule has 0 saturated carbocycles. The summed E-state index contributed by atoms with van der Waals surface area (Å²) in [5, 5.41) is 6.98. The molecule has 1 aromatic heterocycles. The van der Waals surface area contributed by atoms with Gasteiger partial charge in [-0.1, -0.05) is 25.4 Å². The highest BCUT2D eigenvalue weighted by Crippen LogP contribution is 2.27. The van der Waals surface area contributed by atoms with Crippen molar-refractivity contribution in [2.45, 2.75) is 39.7 Å². The van der Waals surface area contributed by atoms with Crippen molar-refractivity contribution in [2.24, 2.45) is 11.8 Å². The third-order valence-electron chi connectivity index (χ3n) is 5.61. The van der Waals surface area contributed by atoms with Gasteiger partial charge >= 0.3 is 0 Å². The van der Waals surface area contributed by atoms with Gasteiger partial charge in [0.15, 0.2) is 5.82 Å². The number of piperidine rings is 1. The summed E-state index contributed by atoms with van der Waals surface area (Å²) in [6.45, 7) is 7.20. The Bertz CT molecular complexity index is 987. The zero-order chi connectivity index (χ0) is 22.0. The number of halogens is 3. The summed E-state index contributed by atoms with van der Waals surface area (Å²) in [5.74, 6) is -1.35. The molecular weight excluding hydrogens is 414 g/mol. The standard InChI is InChI=1S/C21H25ClF2N4O2/c1-12(2)13(3)26-20(29)14-6-8-27(9-7-14)18-11-25-28(21(30)19(18)22)17-5-4-15(23)10-16(17)24/h4-5,10-14H,6-9H2,1-3H3,(H,26,29). The van der Waals surface area contributed by atoms with Crippen LogP contribution in [0.1, 0.15) is 33.6 Å². The number of amides is 1. The molecule has 1 aliphatic heterocycles. The fraction of sp³-hybridized carbons (Fsp3) is 0.476. The lowest BCUT2D eigenvalue weighted by Crippen LogP contribution is -2.44. The van der Waals surface area contributed by atoms with E-state index in [1.807, 2.05) is 11.8 Å². The lowest BCUT2D eigenvalue weighted by atomic mass is 9.94. The molecule has 1 amide bonds. The van der Waals surface area contributed by atoms with Crippen molar-refractivity contribution >= 4 is 23.2 Å². The van der Waals surface area contributed by atoms with Crippen LogP contribution in [0, 0.1) is 23.5 Å². The van der Waals surface area contributed by atoms with Gasteiger partial charge in [-0.3, -0.25) is 9.59 Å². The molecule has 1 aliphatic rings. The third-order valence-corrected chi connectivity index (χ3v) is 5.97. The number of nitrogens with zero attached hydrogens (tertiary/aromatic N) is 3. The van der Waals surface area contributed by atoms with Gasteiger partial charge in [-0.2, -0.15) is 9.78 Å². The lowest BCUT2D eigenvalue weighted by molar-refractivity contribution is -0.126. The lowest BCUT2D eigenvalue weighted by Gasteiger charge is -2.33. The first kappa shape index (κ1) is 22.2. The Kier molecular flexibility index (Phi) is 6.75. The molecule has 0 bridgehead atoms. The summed E-state index contributed by atoms with van der Waals surface area (Å²) in [7, 11) is 0. The van der Waals surface area contributed by atoms with Crippen molar-refractivity contribution in [3.8, 4) is 5.69 Å². The van der Waals surface area contributed by atoms with E-state index in [9.17, 15) is 18.4 Å². The molecule has 1 N–H and O–H groups in total. The largest absolute Gasteiger partial charge is 0.369 e. The SMILES string of the molecule is CC(C)C(C)NC(=O)C1CCN(c2cnn(-c3ccc(F)cc3F)c(=O)c2Cl)CC1. The minimum atomic E-state index is -0.907. The van der Waals surface area contributed by atoms with Gasteiger partial charge in [0, 0.05) is 31.1 Å². The fourth-order valence-electron chi connectivity index (χ4n) is 3.36. The summed E-state index contributed by atoms with van der Waals surface area (Å²) in [4.78, 5) is 27.0. The summed E-state index contributed by atoms with van der Waals surface area (Å²) in [5.41, 5.74) is -0.426. The van der Waals surface area contributed by atoms with Crippen molar-refractivity contribution in [3.63, 3.8) is 0 Å². The highest BCUT2D eigenvalue weighted by molar-refractivity contribution is 6.33. The first-order chi connectivity index (χ1) is 14.2. The van der Waals surface area contributed by atoms with Gasteiger partial charge in [-0.25, -0.2) is 8.78 Å². The van der Waals surface area contributed by atoms with E-state index in [4.69, 9.17) is 11.6 Å². The first-order valence-electron chi connectivity index (χ1n) is 9.97. The van der Waals surface area contributed by atoms with Crippen molar-refractivity contribution in [2.75, 3.05) is 18.0 Å². The maximum Gasteiger partial charge on any atom is 0.292 e. The molecule has 1 aromatic carbocycles. The third kappa shape index (κ3) is 4.64. The van der Waals surface area contributed by atoms with Gasteiger partial charge in [0.25, 0.3) is 5.56 Å². The minimum Gasteiger partial charge on any atom is -0.369 e. The minimum absolute atomic E-state index is 0.0438. The van der Waals surface area contributed by atoms with Crippen molar-refractivity contribution in [1.82, 2.24) is 15.1 Å². The van der Waals surface area contributed by atoms with Crippen LogP contribution in [0.5, 0.6) is 0 Å². The van der Waals surface area contributed by atoms with E-state index in [0.717, 1.165) is 16.8 Å². The van der Waals surface area contributed by atoms with Crippen LogP contribution >= 0.6 is 11.6 Å². The second-order valence-corrected chi connectivity index (χ2v) is 8.34. The van der Waals surface area contributed by atoms with E-state index in [1.165, 1.54) is 6.20 Å². The molecule has 2 aromatic rings. The number of anilines is 1. The molecule has 1 saturated heterocycles. The van der Waals surface area contributed by atoms with Crippen LogP contribution in [-0.4, -0.2) is 34.8 Å². The monoisotopic (exact) mass is 438 g/mol. The van der Waals surface area contributed by atoms with Crippen LogP contribution in [-0.2, 0) is 4.79 Å². The summed E-state index contributed by atoms with van der Waals surface area (Å²) >= 11 is 6.28. The number of aromatic nitrogens is 2. The number of benzene rings is 1. The molecule has 1 fully saturated rings. The van der Waals surface area contributed by atoms with E-state index in [-0.39, 0.29) is 28.6 Å². The summed E-state index contributed by atoms with van der Waals surface area (Å²) in [6, 6.07) is 2.97. The molecule has 6 nitrogen and oxygen atoms in total. The molecule has 2 heterocycles. The topological polar surface area (TPSA) is 67.2 Å². The van der Waals surface area contributed by atoms with Crippen LogP contribution in [0.3, 0.4) is 0 Å². The molecule has 30 heavy (non-hydrogen) atoms. The molecule has 162 valence electrons. The molecule has 0 spiro atoms. The first-order valence-corrected chi connectivity index (χ1v) is 10.4. The highest BCUT2D eigenvalue weighted by Gasteiger charge is 2.28. The number of carbonyl (C=O) groups excluding carboxylic acids is 1. The van der Waals surface area contributed by atoms with Crippen LogP contribution in [0.2, 0.25) is 5.02 Å². The Labute approximate surface area is 178 Å². The van der Waals surface area contributed by atoms with Crippen molar-refractivity contribution in [3.05, 3.63) is 51.4 Å². The predicted molar refractivity (Wildman–Crippen MR) is 112 cm³/mol. The molecule has 1 unspecified atom stereocenters. The Hall–Kier alpha value is -2.48. The normalized spacial score (nSPS) is 16.0. The number of nitrogens with one attached hydrogen (secondary N) is 1. The van der Waals surface area contributed by atoms with Crippen molar-refractivity contribution in [1.29, 1.82) is 0 Å². The summed E-state index contributed by atoms with van der Waals surface area (Å²) in [6.07, 6.45) is 2.65. The average molecular weight is 439 g/mol. The average Bonchev–Trinajstić information content (AvgIpc) is 2.70. The molecule has 0 radical (unpaired) electrons. The van der Waals surface area contributed by atoms with Gasteiger partial charge in [0.2, 0.25) is 5.91 Å². The van der Waals surface area contributed by atoms with E-state index in [1.54, 1.807) is 0 Å². The maximum absolute atomic E-state index is 14.0. The second-order valence-electron chi connectivity index (χ2n) is 7.96. The fourth-order valence-corrected chi connectivity index (χ4v) is 3.61. The quantitative estimate of drug-likeness (QED) is 0.775. The zero-order valence-corrected chi connectivity index (χ0v) is 17.9. The molecule has 9 heteroatoms. The van der Waals surface area contributed by atoms with Gasteiger partial charge < -0.3 is 10.2 Å². The van der Waals surface area contributed by atoms with Crippen LogP contribution < -0.4 is 15.8 Å². The smallest absolute Gasteiger partial charge is 0.292 e. The van der Waals surface area contributed by atoms with E-state index < -0.39 is 17.2 Å². The highest BCUT2D eigenvalue weighted by atomic mass is 35.5. The number of rotatable bonds is 5. The van der Waals surface area contributed by atoms with Crippen LogP contribution in [0.4, 0.5) is 14.5 Å². The zero-order valence-electron chi connectivity index (χ0n) is 17.2. The van der Waals surface area contributed by atoms with Gasteiger partial charge in [-0.15, -0.1) is 0 Å². The molecular formula is C21H25ClF2N4O2. The molecule has 0 aliphatic carbocycles. The molecule has 3 rings (SSSR count). The van der Waals surface area contributed by atoms with Gasteiger partial charge in [-0.05, 0) is 37.8 Å². The maximum atomic E-state index is 14.0. The van der Waals surface area contributed by atoms with Gasteiger partial charge in [0.1, 0.15) is 16.5 Å². The van der Waals surface area contributed by atoms with E-state index in [0.29, 0.717) is 43.6 Å². The Morgan fingerprint density at radius 2 is 1.87 bits per heavy atom. The predicted octanol–water partition coefficient (Wildman–Crippen LogP) is 3.54. The number of hydrogen-bond acceptors (Lipinski definition) is 4. The van der Waals surface area contributed by atoms with Crippen LogP contribution in [0.25, 0.3) is 5.69 Å². The molecule has 1 atom stereocenters. The number of hydrogen-bond donors (Lipinski definition) is 1. The summed E-state index contributed by atoms with van der Waals surface area (Å²) < 4.78 is 28.0. The van der Waals surface area contributed by atoms with Crippen LogP contribution in [0.15, 0.2) is 29.2 Å². The Morgan fingerprint density at radius 1 is 1.20 bits per heavy atom. The van der Waals surface area contributed by atoms with Gasteiger partial charge in [0.05, 0.1) is 11.9 Å². The number of carbonyl (C=O) groups is 1. The van der Waals surface area contributed by atoms with Crippen molar-refractivity contribution < 1.29 is 13.6 Å². The van der Waals surface area contributed by atoms with E-state index in [2.05, 4.69) is 24.3 Å². The van der Waals surface area contributed by atoms with E-state index >= 15 is 0 Å². The Morgan fingerprint density at radius 3 is 2.47 bits per heavy atom.